The fraction of sp³-hybridized carbons (Fsp3) is 0.800. The lowest BCUT2D eigenvalue weighted by molar-refractivity contribution is -0.00861. The van der Waals surface area contributed by atoms with Crippen molar-refractivity contribution in [1.82, 2.24) is 19.8 Å². The van der Waals surface area contributed by atoms with Crippen LogP contribution in [-0.4, -0.2) is 53.8 Å². The van der Waals surface area contributed by atoms with E-state index in [1.807, 2.05) is 6.20 Å². The second-order valence-electron chi connectivity index (χ2n) is 6.14. The molecule has 5 nitrogen and oxygen atoms in total. The van der Waals surface area contributed by atoms with Crippen molar-refractivity contribution < 1.29 is 4.74 Å². The summed E-state index contributed by atoms with van der Waals surface area (Å²) in [6.45, 7) is 10.5. The highest BCUT2D eigenvalue weighted by atomic mass is 16.5. The van der Waals surface area contributed by atoms with Gasteiger partial charge < -0.3 is 14.6 Å². The van der Waals surface area contributed by atoms with Crippen molar-refractivity contribution in [3.05, 3.63) is 18.2 Å². The van der Waals surface area contributed by atoms with Crippen LogP contribution in [0.15, 0.2) is 12.4 Å². The molecule has 0 aliphatic carbocycles. The fourth-order valence-corrected chi connectivity index (χ4v) is 3.42. The normalized spacial score (nSPS) is 22.6. The van der Waals surface area contributed by atoms with Crippen LogP contribution in [0.1, 0.15) is 25.6 Å². The molecule has 0 saturated carbocycles. The number of aromatic nitrogens is 2. The summed E-state index contributed by atoms with van der Waals surface area (Å²) >= 11 is 0. The summed E-state index contributed by atoms with van der Waals surface area (Å²) < 4.78 is 7.85. The lowest BCUT2D eigenvalue weighted by Crippen LogP contribution is -2.49. The van der Waals surface area contributed by atoms with Crippen LogP contribution in [-0.2, 0) is 17.8 Å². The van der Waals surface area contributed by atoms with Gasteiger partial charge in [-0.1, -0.05) is 6.92 Å². The average Bonchev–Trinajstić information content (AvgIpc) is 2.94. The maximum atomic E-state index is 5.57. The SMILES string of the molecule is CCNCC1(CN2CCn3ccnc3C2)CCOCC1. The van der Waals surface area contributed by atoms with Gasteiger partial charge >= 0.3 is 0 Å². The van der Waals surface area contributed by atoms with Crippen LogP contribution in [0.25, 0.3) is 0 Å². The lowest BCUT2D eigenvalue weighted by Gasteiger charge is -2.42. The van der Waals surface area contributed by atoms with E-state index in [1.165, 1.54) is 18.7 Å². The molecule has 0 amide bonds. The molecular weight excluding hydrogens is 252 g/mol. The number of fused-ring (bicyclic) bond motifs is 1. The van der Waals surface area contributed by atoms with Gasteiger partial charge in [0.1, 0.15) is 5.82 Å². The zero-order valence-electron chi connectivity index (χ0n) is 12.5. The Morgan fingerprint density at radius 3 is 3.00 bits per heavy atom. The van der Waals surface area contributed by atoms with Crippen LogP contribution in [0.2, 0.25) is 0 Å². The quantitative estimate of drug-likeness (QED) is 0.876. The highest BCUT2D eigenvalue weighted by Gasteiger charge is 2.35. The monoisotopic (exact) mass is 278 g/mol. The molecule has 2 aliphatic heterocycles. The van der Waals surface area contributed by atoms with Gasteiger partial charge in [0.25, 0.3) is 0 Å². The molecular formula is C15H26N4O. The lowest BCUT2D eigenvalue weighted by atomic mass is 9.79. The Hall–Kier alpha value is -0.910. The minimum absolute atomic E-state index is 0.378. The molecule has 5 heteroatoms. The molecule has 0 radical (unpaired) electrons. The van der Waals surface area contributed by atoms with Gasteiger partial charge in [-0.3, -0.25) is 4.90 Å². The van der Waals surface area contributed by atoms with Crippen LogP contribution < -0.4 is 5.32 Å². The first kappa shape index (κ1) is 14.0. The molecule has 0 spiro atoms. The molecule has 112 valence electrons. The Morgan fingerprint density at radius 1 is 1.35 bits per heavy atom. The summed E-state index contributed by atoms with van der Waals surface area (Å²) in [6.07, 6.45) is 6.35. The Labute approximate surface area is 121 Å². The fourth-order valence-electron chi connectivity index (χ4n) is 3.42. The number of imidazole rings is 1. The van der Waals surface area contributed by atoms with Crippen molar-refractivity contribution >= 4 is 0 Å². The van der Waals surface area contributed by atoms with Crippen LogP contribution in [0.4, 0.5) is 0 Å². The largest absolute Gasteiger partial charge is 0.381 e. The van der Waals surface area contributed by atoms with E-state index >= 15 is 0 Å². The van der Waals surface area contributed by atoms with E-state index in [2.05, 4.69) is 32.9 Å². The van der Waals surface area contributed by atoms with Crippen molar-refractivity contribution in [2.75, 3.05) is 39.4 Å². The molecule has 1 fully saturated rings. The van der Waals surface area contributed by atoms with Gasteiger partial charge in [0.2, 0.25) is 0 Å². The van der Waals surface area contributed by atoms with Crippen LogP contribution in [0.3, 0.4) is 0 Å². The predicted octanol–water partition coefficient (Wildman–Crippen LogP) is 1.10. The van der Waals surface area contributed by atoms with Crippen LogP contribution in [0, 0.1) is 5.41 Å². The summed E-state index contributed by atoms with van der Waals surface area (Å²) in [5.41, 5.74) is 0.378. The van der Waals surface area contributed by atoms with Crippen LogP contribution >= 0.6 is 0 Å². The highest BCUT2D eigenvalue weighted by Crippen LogP contribution is 2.32. The third-order valence-corrected chi connectivity index (χ3v) is 4.69. The molecule has 0 aromatic carbocycles. The molecule has 20 heavy (non-hydrogen) atoms. The molecule has 0 atom stereocenters. The third kappa shape index (κ3) is 3.05. The topological polar surface area (TPSA) is 42.3 Å². The summed E-state index contributed by atoms with van der Waals surface area (Å²) in [5.74, 6) is 1.21. The highest BCUT2D eigenvalue weighted by molar-refractivity contribution is 4.97. The predicted molar refractivity (Wildman–Crippen MR) is 78.5 cm³/mol. The number of hydrogen-bond acceptors (Lipinski definition) is 4. The van der Waals surface area contributed by atoms with E-state index in [0.717, 1.165) is 52.5 Å². The van der Waals surface area contributed by atoms with Crippen molar-refractivity contribution in [3.8, 4) is 0 Å². The molecule has 1 saturated heterocycles. The molecule has 1 aromatic heterocycles. The Kier molecular flexibility index (Phi) is 4.38. The zero-order chi connectivity index (χ0) is 13.8. The van der Waals surface area contributed by atoms with Gasteiger partial charge in [-0.15, -0.1) is 0 Å². The molecule has 3 rings (SSSR count). The maximum Gasteiger partial charge on any atom is 0.122 e. The van der Waals surface area contributed by atoms with E-state index in [4.69, 9.17) is 4.74 Å². The van der Waals surface area contributed by atoms with Gasteiger partial charge in [-0.2, -0.15) is 0 Å². The Balaban J connectivity index is 1.64. The second-order valence-corrected chi connectivity index (χ2v) is 6.14. The number of nitrogens with zero attached hydrogens (tertiary/aromatic N) is 3. The van der Waals surface area contributed by atoms with Crippen molar-refractivity contribution in [3.63, 3.8) is 0 Å². The summed E-state index contributed by atoms with van der Waals surface area (Å²) in [6, 6.07) is 0. The zero-order valence-corrected chi connectivity index (χ0v) is 12.5. The molecule has 1 aromatic rings. The van der Waals surface area contributed by atoms with Gasteiger partial charge in [0.15, 0.2) is 0 Å². The van der Waals surface area contributed by atoms with E-state index in [9.17, 15) is 0 Å². The number of nitrogens with one attached hydrogen (secondary N) is 1. The van der Waals surface area contributed by atoms with Crippen molar-refractivity contribution in [2.45, 2.75) is 32.9 Å². The van der Waals surface area contributed by atoms with E-state index in [0.29, 0.717) is 5.41 Å². The van der Waals surface area contributed by atoms with Crippen LogP contribution in [0.5, 0.6) is 0 Å². The molecule has 2 aliphatic rings. The molecule has 1 N–H and O–H groups in total. The van der Waals surface area contributed by atoms with E-state index < -0.39 is 0 Å². The standard InChI is InChI=1S/C15H26N4O/c1-2-16-12-15(3-9-20-10-4-15)13-18-7-8-19-6-5-17-14(19)11-18/h5-6,16H,2-4,7-13H2,1H3. The Bertz CT molecular complexity index is 425. The average molecular weight is 278 g/mol. The Morgan fingerprint density at radius 2 is 2.20 bits per heavy atom. The van der Waals surface area contributed by atoms with Gasteiger partial charge in [0, 0.05) is 51.8 Å². The summed E-state index contributed by atoms with van der Waals surface area (Å²) in [4.78, 5) is 7.04. The molecule has 0 bridgehead atoms. The first-order valence-corrected chi connectivity index (χ1v) is 7.82. The smallest absolute Gasteiger partial charge is 0.122 e. The molecule has 3 heterocycles. The maximum absolute atomic E-state index is 5.57. The van der Waals surface area contributed by atoms with Crippen molar-refractivity contribution in [2.24, 2.45) is 5.41 Å². The minimum atomic E-state index is 0.378. The van der Waals surface area contributed by atoms with Crippen molar-refractivity contribution in [1.29, 1.82) is 0 Å². The number of hydrogen-bond donors (Lipinski definition) is 1. The van der Waals surface area contributed by atoms with E-state index in [1.54, 1.807) is 0 Å². The summed E-state index contributed by atoms with van der Waals surface area (Å²) in [5, 5.41) is 3.56. The van der Waals surface area contributed by atoms with Gasteiger partial charge in [-0.25, -0.2) is 4.98 Å². The first-order chi connectivity index (χ1) is 9.81. The second kappa shape index (κ2) is 6.24. The molecule has 0 unspecified atom stereocenters. The van der Waals surface area contributed by atoms with E-state index in [-0.39, 0.29) is 0 Å². The number of ether oxygens (including phenoxy) is 1. The summed E-state index contributed by atoms with van der Waals surface area (Å²) in [7, 11) is 0. The number of rotatable bonds is 5. The third-order valence-electron chi connectivity index (χ3n) is 4.69. The van der Waals surface area contributed by atoms with Gasteiger partial charge in [0.05, 0.1) is 6.54 Å². The minimum Gasteiger partial charge on any atom is -0.381 e. The van der Waals surface area contributed by atoms with Gasteiger partial charge in [-0.05, 0) is 24.8 Å². The first-order valence-electron chi connectivity index (χ1n) is 7.82.